The number of nitrogens with one attached hydrogen (secondary N) is 1. The molecule has 0 radical (unpaired) electrons. The van der Waals surface area contributed by atoms with Crippen LogP contribution in [0.15, 0.2) is 97.1 Å². The van der Waals surface area contributed by atoms with E-state index in [9.17, 15) is 18.0 Å². The lowest BCUT2D eigenvalue weighted by atomic mass is 9.78. The summed E-state index contributed by atoms with van der Waals surface area (Å²) in [6.07, 6.45) is 4.91. The Kier molecular flexibility index (Phi) is 12.4. The summed E-state index contributed by atoms with van der Waals surface area (Å²) in [4.78, 5) is 26.8. The summed E-state index contributed by atoms with van der Waals surface area (Å²) in [5, 5.41) is 4.22. The van der Waals surface area contributed by atoms with Gasteiger partial charge in [-0.1, -0.05) is 130 Å². The standard InChI is InChI=1S/C39H41Cl2NO5S/c1-5-33(27-12-14-29(15-13-27)36(43)7-6-24-48(45,46)47)37(30-10-8-26(9-11-30)22-23-39(2,3)4)38(44)42-32-19-16-28(17-20-32)34-21-18-31(40)25-35(34)41/h8-23,25,33,37H,5-7,24H2,1-4H3,(H,42,44)(H,45,46,47)/b23-22+. The maximum absolute atomic E-state index is 14.2. The van der Waals surface area contributed by atoms with Gasteiger partial charge in [-0.2, -0.15) is 8.42 Å². The van der Waals surface area contributed by atoms with E-state index < -0.39 is 21.8 Å². The molecule has 0 aliphatic carbocycles. The summed E-state index contributed by atoms with van der Waals surface area (Å²) in [7, 11) is -4.12. The fraction of sp³-hybridized carbons (Fsp3) is 0.282. The molecule has 6 nitrogen and oxygen atoms in total. The summed E-state index contributed by atoms with van der Waals surface area (Å²) in [6, 6.07) is 28.0. The number of halogens is 2. The van der Waals surface area contributed by atoms with Crippen LogP contribution in [0.1, 0.15) is 85.8 Å². The molecule has 0 aromatic heterocycles. The van der Waals surface area contributed by atoms with Crippen molar-refractivity contribution in [3.63, 3.8) is 0 Å². The van der Waals surface area contributed by atoms with E-state index >= 15 is 0 Å². The third kappa shape index (κ3) is 10.6. The summed E-state index contributed by atoms with van der Waals surface area (Å²) in [5.74, 6) is -1.60. The van der Waals surface area contributed by atoms with Crippen LogP contribution in [0.4, 0.5) is 5.69 Å². The van der Waals surface area contributed by atoms with E-state index in [0.29, 0.717) is 27.7 Å². The molecule has 0 bridgehead atoms. The first kappa shape index (κ1) is 37.1. The molecular formula is C39H41Cl2NO5S. The summed E-state index contributed by atoms with van der Waals surface area (Å²) >= 11 is 12.5. The molecule has 9 heteroatoms. The van der Waals surface area contributed by atoms with Crippen LogP contribution >= 0.6 is 23.2 Å². The number of hydrogen-bond donors (Lipinski definition) is 2. The van der Waals surface area contributed by atoms with Crippen molar-refractivity contribution >= 4 is 56.8 Å². The second kappa shape index (κ2) is 16.1. The average Bonchev–Trinajstić information content (AvgIpc) is 3.02. The van der Waals surface area contributed by atoms with Gasteiger partial charge >= 0.3 is 0 Å². The predicted octanol–water partition coefficient (Wildman–Crippen LogP) is 10.5. The smallest absolute Gasteiger partial charge is 0.264 e. The zero-order valence-electron chi connectivity index (χ0n) is 27.5. The van der Waals surface area contributed by atoms with E-state index in [1.807, 2.05) is 73.7 Å². The number of carbonyl (C=O) groups is 2. The molecular weight excluding hydrogens is 665 g/mol. The number of amides is 1. The molecule has 2 unspecified atom stereocenters. The zero-order valence-corrected chi connectivity index (χ0v) is 29.9. The van der Waals surface area contributed by atoms with Gasteiger partial charge in [-0.05, 0) is 70.7 Å². The highest BCUT2D eigenvalue weighted by Crippen LogP contribution is 2.38. The molecule has 0 fully saturated rings. The van der Waals surface area contributed by atoms with E-state index in [4.69, 9.17) is 27.8 Å². The SMILES string of the molecule is CCC(c1ccc(C(=O)CCCS(=O)(=O)O)cc1)C(C(=O)Nc1ccc(-c2ccc(Cl)cc2Cl)cc1)c1ccc(/C=C/C(C)(C)C)cc1. The minimum absolute atomic E-state index is 0.000393. The van der Waals surface area contributed by atoms with Crippen LogP contribution in [0.5, 0.6) is 0 Å². The van der Waals surface area contributed by atoms with E-state index in [2.05, 4.69) is 38.2 Å². The van der Waals surface area contributed by atoms with Crippen molar-refractivity contribution in [2.45, 2.75) is 58.8 Å². The first-order valence-corrected chi connectivity index (χ1v) is 18.2. The molecule has 0 aliphatic heterocycles. The summed E-state index contributed by atoms with van der Waals surface area (Å²) in [5.41, 5.74) is 5.65. The molecule has 2 N–H and O–H groups in total. The number of hydrogen-bond acceptors (Lipinski definition) is 4. The second-order valence-electron chi connectivity index (χ2n) is 13.0. The van der Waals surface area contributed by atoms with Crippen LogP contribution in [0, 0.1) is 5.41 Å². The Labute approximate surface area is 293 Å². The maximum Gasteiger partial charge on any atom is 0.264 e. The third-order valence-corrected chi connectivity index (χ3v) is 9.41. The highest BCUT2D eigenvalue weighted by molar-refractivity contribution is 7.85. The second-order valence-corrected chi connectivity index (χ2v) is 15.4. The van der Waals surface area contributed by atoms with Crippen molar-refractivity contribution in [3.8, 4) is 11.1 Å². The zero-order chi connectivity index (χ0) is 35.1. The van der Waals surface area contributed by atoms with E-state index in [1.54, 1.807) is 24.3 Å². The molecule has 4 aromatic carbocycles. The van der Waals surface area contributed by atoms with Crippen LogP contribution < -0.4 is 5.32 Å². The van der Waals surface area contributed by atoms with Crippen LogP contribution in [-0.4, -0.2) is 30.4 Å². The van der Waals surface area contributed by atoms with Gasteiger partial charge in [-0.25, -0.2) is 0 Å². The number of benzene rings is 4. The Hall–Kier alpha value is -3.75. The maximum atomic E-state index is 14.2. The Morgan fingerprint density at radius 3 is 2.06 bits per heavy atom. The lowest BCUT2D eigenvalue weighted by molar-refractivity contribution is -0.118. The van der Waals surface area contributed by atoms with E-state index in [1.165, 1.54) is 0 Å². The van der Waals surface area contributed by atoms with E-state index in [-0.39, 0.29) is 35.9 Å². The number of ketones is 1. The largest absolute Gasteiger partial charge is 0.326 e. The highest BCUT2D eigenvalue weighted by atomic mass is 35.5. The molecule has 48 heavy (non-hydrogen) atoms. The average molecular weight is 707 g/mol. The summed E-state index contributed by atoms with van der Waals surface area (Å²) in [6.45, 7) is 8.45. The molecule has 0 aliphatic rings. The van der Waals surface area contributed by atoms with Crippen LogP contribution in [0.3, 0.4) is 0 Å². The van der Waals surface area contributed by atoms with Crippen LogP contribution in [-0.2, 0) is 14.9 Å². The van der Waals surface area contributed by atoms with Crippen molar-refractivity contribution in [1.29, 1.82) is 0 Å². The van der Waals surface area contributed by atoms with Crippen LogP contribution in [0.25, 0.3) is 17.2 Å². The lowest BCUT2D eigenvalue weighted by Crippen LogP contribution is -2.26. The molecule has 0 spiro atoms. The highest BCUT2D eigenvalue weighted by Gasteiger charge is 2.30. The van der Waals surface area contributed by atoms with Crippen molar-refractivity contribution < 1.29 is 22.6 Å². The van der Waals surface area contributed by atoms with Crippen molar-refractivity contribution in [1.82, 2.24) is 0 Å². The Morgan fingerprint density at radius 2 is 1.50 bits per heavy atom. The van der Waals surface area contributed by atoms with Gasteiger partial charge in [0.1, 0.15) is 0 Å². The molecule has 2 atom stereocenters. The minimum Gasteiger partial charge on any atom is -0.326 e. The number of Topliss-reactive ketones (excluding diaryl/α,β-unsaturated/α-hetero) is 1. The topological polar surface area (TPSA) is 101 Å². The summed E-state index contributed by atoms with van der Waals surface area (Å²) < 4.78 is 31.1. The number of carbonyl (C=O) groups excluding carboxylic acids is 2. The number of anilines is 1. The first-order chi connectivity index (χ1) is 22.6. The molecule has 4 aromatic rings. The molecule has 0 saturated heterocycles. The number of allylic oxidation sites excluding steroid dienone is 1. The van der Waals surface area contributed by atoms with E-state index in [0.717, 1.165) is 27.8 Å². The quantitative estimate of drug-likeness (QED) is 0.106. The fourth-order valence-electron chi connectivity index (χ4n) is 5.54. The molecule has 0 heterocycles. The third-order valence-electron chi connectivity index (χ3n) is 8.06. The van der Waals surface area contributed by atoms with Crippen molar-refractivity contribution in [3.05, 3.63) is 129 Å². The van der Waals surface area contributed by atoms with Gasteiger partial charge in [0, 0.05) is 33.3 Å². The molecule has 1 amide bonds. The molecule has 0 saturated carbocycles. The van der Waals surface area contributed by atoms with Gasteiger partial charge in [-0.15, -0.1) is 0 Å². The predicted molar refractivity (Wildman–Crippen MR) is 198 cm³/mol. The monoisotopic (exact) mass is 705 g/mol. The van der Waals surface area contributed by atoms with Gasteiger partial charge in [0.05, 0.1) is 11.7 Å². The first-order valence-electron chi connectivity index (χ1n) is 15.9. The molecule has 4 rings (SSSR count). The van der Waals surface area contributed by atoms with Gasteiger partial charge in [0.25, 0.3) is 10.1 Å². The minimum atomic E-state index is -4.12. The van der Waals surface area contributed by atoms with Crippen molar-refractivity contribution in [2.75, 3.05) is 11.1 Å². The Balaban J connectivity index is 1.62. The van der Waals surface area contributed by atoms with Crippen molar-refractivity contribution in [2.24, 2.45) is 5.41 Å². The molecule has 252 valence electrons. The number of rotatable bonds is 13. The fourth-order valence-corrected chi connectivity index (χ4v) is 6.57. The van der Waals surface area contributed by atoms with Gasteiger partial charge in [0.15, 0.2) is 5.78 Å². The normalized spacial score (nSPS) is 13.3. The van der Waals surface area contributed by atoms with Crippen LogP contribution in [0.2, 0.25) is 10.0 Å². The Morgan fingerprint density at radius 1 is 0.875 bits per heavy atom. The Bertz CT molecular complexity index is 1860. The van der Waals surface area contributed by atoms with Gasteiger partial charge in [0.2, 0.25) is 5.91 Å². The van der Waals surface area contributed by atoms with Gasteiger partial charge < -0.3 is 5.32 Å². The van der Waals surface area contributed by atoms with Gasteiger partial charge in [-0.3, -0.25) is 14.1 Å². The lowest BCUT2D eigenvalue weighted by Gasteiger charge is -2.27.